The second-order valence-corrected chi connectivity index (χ2v) is 3.01. The first-order chi connectivity index (χ1) is 5.69. The van der Waals surface area contributed by atoms with Crippen LogP contribution >= 0.6 is 0 Å². The molecule has 0 saturated carbocycles. The Morgan fingerprint density at radius 3 is 2.50 bits per heavy atom. The van der Waals surface area contributed by atoms with Gasteiger partial charge in [0.05, 0.1) is 12.2 Å². The van der Waals surface area contributed by atoms with Gasteiger partial charge in [-0.15, -0.1) is 0 Å². The first-order valence-electron chi connectivity index (χ1n) is 4.08. The zero-order valence-corrected chi connectivity index (χ0v) is 7.69. The zero-order valence-electron chi connectivity index (χ0n) is 7.69. The Hall–Kier alpha value is -0.160. The Morgan fingerprint density at radius 2 is 2.00 bits per heavy atom. The third-order valence-corrected chi connectivity index (χ3v) is 2.22. The summed E-state index contributed by atoms with van der Waals surface area (Å²) in [5, 5.41) is 9.55. The number of hydrogen-bond donors (Lipinski definition) is 1. The lowest BCUT2D eigenvalue weighted by Crippen LogP contribution is -2.48. The Balaban J connectivity index is 2.52. The molecular weight excluding hydrogens is 160 g/mol. The largest absolute Gasteiger partial charge is 0.388 e. The van der Waals surface area contributed by atoms with Gasteiger partial charge in [0.2, 0.25) is 0 Å². The van der Waals surface area contributed by atoms with Crippen LogP contribution in [0.2, 0.25) is 0 Å². The van der Waals surface area contributed by atoms with Crippen LogP contribution in [0, 0.1) is 0 Å². The lowest BCUT2D eigenvalue weighted by atomic mass is 10.0. The molecule has 1 unspecified atom stereocenters. The summed E-state index contributed by atoms with van der Waals surface area (Å²) < 4.78 is 15.5. The van der Waals surface area contributed by atoms with Crippen molar-refractivity contribution in [2.75, 3.05) is 14.2 Å². The second-order valence-electron chi connectivity index (χ2n) is 3.01. The topological polar surface area (TPSA) is 47.9 Å². The maximum atomic E-state index is 9.55. The molecule has 1 N–H and O–H groups in total. The van der Waals surface area contributed by atoms with Crippen molar-refractivity contribution in [1.29, 1.82) is 0 Å². The number of aliphatic hydroxyl groups excluding tert-OH is 1. The van der Waals surface area contributed by atoms with Gasteiger partial charge >= 0.3 is 0 Å². The molecule has 0 aromatic carbocycles. The van der Waals surface area contributed by atoms with E-state index in [1.165, 1.54) is 0 Å². The standard InChI is InChI=1S/C8H16O4/c1-5-8(9)6(10-2)4-7(11-3)12-5/h5-9H,4H2,1-3H3/t5-,6+,7?,8-/m1/s1. The summed E-state index contributed by atoms with van der Waals surface area (Å²) in [5.41, 5.74) is 0. The average Bonchev–Trinajstić information content (AvgIpc) is 2.09. The van der Waals surface area contributed by atoms with Crippen molar-refractivity contribution < 1.29 is 19.3 Å². The molecule has 4 atom stereocenters. The SMILES string of the molecule is COC1C[C@H](OC)[C@H](O)[C@@H](C)O1. The van der Waals surface area contributed by atoms with Gasteiger partial charge in [-0.1, -0.05) is 0 Å². The number of ether oxygens (including phenoxy) is 3. The van der Waals surface area contributed by atoms with Crippen molar-refractivity contribution in [3.63, 3.8) is 0 Å². The number of hydrogen-bond acceptors (Lipinski definition) is 4. The van der Waals surface area contributed by atoms with E-state index in [-0.39, 0.29) is 18.5 Å². The molecule has 4 heteroatoms. The van der Waals surface area contributed by atoms with Crippen molar-refractivity contribution >= 4 is 0 Å². The first kappa shape index (κ1) is 9.92. The number of methoxy groups -OCH3 is 2. The maximum absolute atomic E-state index is 9.55. The fourth-order valence-electron chi connectivity index (χ4n) is 1.39. The number of aliphatic hydroxyl groups is 1. The highest BCUT2D eigenvalue weighted by molar-refractivity contribution is 4.80. The molecule has 0 bridgehead atoms. The predicted octanol–water partition coefficient (Wildman–Crippen LogP) is 0.144. The summed E-state index contributed by atoms with van der Waals surface area (Å²) in [6.45, 7) is 1.81. The minimum absolute atomic E-state index is 0.182. The molecule has 1 saturated heterocycles. The highest BCUT2D eigenvalue weighted by Crippen LogP contribution is 2.22. The Labute approximate surface area is 72.4 Å². The minimum Gasteiger partial charge on any atom is -0.388 e. The van der Waals surface area contributed by atoms with Gasteiger partial charge in [-0.25, -0.2) is 0 Å². The lowest BCUT2D eigenvalue weighted by Gasteiger charge is -2.36. The molecule has 0 spiro atoms. The molecule has 4 nitrogen and oxygen atoms in total. The van der Waals surface area contributed by atoms with Crippen LogP contribution in [0.25, 0.3) is 0 Å². The molecule has 0 aromatic rings. The highest BCUT2D eigenvalue weighted by Gasteiger charge is 2.35. The highest BCUT2D eigenvalue weighted by atomic mass is 16.7. The molecule has 0 radical (unpaired) electrons. The summed E-state index contributed by atoms with van der Waals surface area (Å²) in [4.78, 5) is 0. The molecule has 12 heavy (non-hydrogen) atoms. The average molecular weight is 176 g/mol. The van der Waals surface area contributed by atoms with Crippen LogP contribution in [-0.4, -0.2) is 43.9 Å². The molecule has 0 amide bonds. The molecule has 1 heterocycles. The molecule has 1 fully saturated rings. The smallest absolute Gasteiger partial charge is 0.160 e. The van der Waals surface area contributed by atoms with Gasteiger partial charge < -0.3 is 19.3 Å². The maximum Gasteiger partial charge on any atom is 0.160 e. The second kappa shape index (κ2) is 4.18. The van der Waals surface area contributed by atoms with Crippen LogP contribution < -0.4 is 0 Å². The quantitative estimate of drug-likeness (QED) is 0.650. The van der Waals surface area contributed by atoms with E-state index in [0.717, 1.165) is 0 Å². The van der Waals surface area contributed by atoms with Crippen LogP contribution in [0.1, 0.15) is 13.3 Å². The van der Waals surface area contributed by atoms with E-state index in [1.54, 1.807) is 14.2 Å². The Kier molecular flexibility index (Phi) is 3.46. The van der Waals surface area contributed by atoms with E-state index >= 15 is 0 Å². The third-order valence-electron chi connectivity index (χ3n) is 2.22. The van der Waals surface area contributed by atoms with E-state index in [2.05, 4.69) is 0 Å². The third kappa shape index (κ3) is 1.95. The number of rotatable bonds is 2. The van der Waals surface area contributed by atoms with Crippen LogP contribution in [0.15, 0.2) is 0 Å². The first-order valence-corrected chi connectivity index (χ1v) is 4.08. The van der Waals surface area contributed by atoms with Crippen LogP contribution in [0.5, 0.6) is 0 Å². The summed E-state index contributed by atoms with van der Waals surface area (Å²) in [6, 6.07) is 0. The molecule has 0 aliphatic carbocycles. The van der Waals surface area contributed by atoms with E-state index in [1.807, 2.05) is 6.92 Å². The Morgan fingerprint density at radius 1 is 1.33 bits per heavy atom. The van der Waals surface area contributed by atoms with Gasteiger partial charge in [0, 0.05) is 20.6 Å². The van der Waals surface area contributed by atoms with E-state index < -0.39 is 6.10 Å². The summed E-state index contributed by atoms with van der Waals surface area (Å²) in [5.74, 6) is 0. The van der Waals surface area contributed by atoms with Crippen molar-refractivity contribution in [3.05, 3.63) is 0 Å². The molecule has 72 valence electrons. The van der Waals surface area contributed by atoms with Gasteiger partial charge in [0.1, 0.15) is 6.10 Å². The van der Waals surface area contributed by atoms with Crippen molar-refractivity contribution in [1.82, 2.24) is 0 Å². The molecule has 0 aromatic heterocycles. The lowest BCUT2D eigenvalue weighted by molar-refractivity contribution is -0.241. The minimum atomic E-state index is -0.554. The summed E-state index contributed by atoms with van der Waals surface area (Å²) in [7, 11) is 3.17. The molecular formula is C8H16O4. The fraction of sp³-hybridized carbons (Fsp3) is 1.00. The van der Waals surface area contributed by atoms with Crippen molar-refractivity contribution in [2.24, 2.45) is 0 Å². The molecule has 1 aliphatic rings. The summed E-state index contributed by atoms with van der Waals surface area (Å²) in [6.07, 6.45) is -0.638. The fourth-order valence-corrected chi connectivity index (χ4v) is 1.39. The van der Waals surface area contributed by atoms with Crippen LogP contribution in [0.4, 0.5) is 0 Å². The van der Waals surface area contributed by atoms with Gasteiger partial charge in [-0.3, -0.25) is 0 Å². The van der Waals surface area contributed by atoms with E-state index in [4.69, 9.17) is 14.2 Å². The van der Waals surface area contributed by atoms with E-state index in [9.17, 15) is 5.11 Å². The molecule has 1 rings (SSSR count). The normalized spacial score (nSPS) is 43.0. The predicted molar refractivity (Wildman–Crippen MR) is 42.8 cm³/mol. The van der Waals surface area contributed by atoms with Crippen LogP contribution in [0.3, 0.4) is 0 Å². The van der Waals surface area contributed by atoms with Gasteiger partial charge in [0.25, 0.3) is 0 Å². The summed E-state index contributed by atoms with van der Waals surface area (Å²) >= 11 is 0. The van der Waals surface area contributed by atoms with Gasteiger partial charge in [-0.05, 0) is 6.92 Å². The van der Waals surface area contributed by atoms with Crippen molar-refractivity contribution in [2.45, 2.75) is 37.9 Å². The van der Waals surface area contributed by atoms with Gasteiger partial charge in [-0.2, -0.15) is 0 Å². The van der Waals surface area contributed by atoms with Crippen LogP contribution in [-0.2, 0) is 14.2 Å². The van der Waals surface area contributed by atoms with Gasteiger partial charge in [0.15, 0.2) is 6.29 Å². The Bertz CT molecular complexity index is 139. The zero-order chi connectivity index (χ0) is 9.14. The monoisotopic (exact) mass is 176 g/mol. The van der Waals surface area contributed by atoms with E-state index in [0.29, 0.717) is 6.42 Å². The molecule has 1 aliphatic heterocycles. The van der Waals surface area contributed by atoms with Crippen molar-refractivity contribution in [3.8, 4) is 0 Å².